The van der Waals surface area contributed by atoms with E-state index >= 15 is 0 Å². The monoisotopic (exact) mass is 204 g/mol. The van der Waals surface area contributed by atoms with Gasteiger partial charge in [-0.3, -0.25) is 0 Å². The summed E-state index contributed by atoms with van der Waals surface area (Å²) < 4.78 is 0. The van der Waals surface area contributed by atoms with Crippen LogP contribution < -0.4 is 5.32 Å². The van der Waals surface area contributed by atoms with Gasteiger partial charge in [0.05, 0.1) is 0 Å². The maximum absolute atomic E-state index is 10.8. The summed E-state index contributed by atoms with van der Waals surface area (Å²) in [5.41, 5.74) is 1.99. The fourth-order valence-corrected chi connectivity index (χ4v) is 1.54. The fourth-order valence-electron chi connectivity index (χ4n) is 1.54. The highest BCUT2D eigenvalue weighted by atomic mass is 16.1. The first-order valence-electron chi connectivity index (χ1n) is 5.40. The molecule has 2 rings (SSSR count). The van der Waals surface area contributed by atoms with Crippen molar-refractivity contribution in [2.45, 2.75) is 38.6 Å². The van der Waals surface area contributed by atoms with E-state index in [0.717, 1.165) is 23.4 Å². The Kier molecular flexibility index (Phi) is 2.71. The Bertz CT molecular complexity index is 372. The largest absolute Gasteiger partial charge is 0.367 e. The minimum Gasteiger partial charge on any atom is -0.367 e. The molecule has 0 bridgehead atoms. The summed E-state index contributed by atoms with van der Waals surface area (Å²) in [6.45, 7) is 3.87. The number of aryl methyl sites for hydroxylation is 1. The number of pyridine rings is 1. The summed E-state index contributed by atoms with van der Waals surface area (Å²) in [7, 11) is 0. The molecular formula is C12H16N2O. The molecule has 0 aliphatic heterocycles. The van der Waals surface area contributed by atoms with Crippen LogP contribution in [0.15, 0.2) is 12.1 Å². The lowest BCUT2D eigenvalue weighted by molar-refractivity contribution is -0.108. The molecule has 1 aliphatic carbocycles. The highest BCUT2D eigenvalue weighted by Gasteiger charge is 2.23. The van der Waals surface area contributed by atoms with Crippen molar-refractivity contribution in [3.8, 4) is 0 Å². The Balaban J connectivity index is 2.28. The SMILES string of the molecule is Cc1ccc(C(C)C=O)c(NC2CC2)n1. The van der Waals surface area contributed by atoms with Crippen LogP contribution in [0.1, 0.15) is 36.9 Å². The van der Waals surface area contributed by atoms with E-state index in [9.17, 15) is 4.79 Å². The molecule has 0 radical (unpaired) electrons. The van der Waals surface area contributed by atoms with E-state index in [4.69, 9.17) is 0 Å². The summed E-state index contributed by atoms with van der Waals surface area (Å²) in [5, 5.41) is 3.37. The van der Waals surface area contributed by atoms with Crippen LogP contribution in [0.3, 0.4) is 0 Å². The van der Waals surface area contributed by atoms with Gasteiger partial charge in [0.2, 0.25) is 0 Å². The number of nitrogens with one attached hydrogen (secondary N) is 1. The summed E-state index contributed by atoms with van der Waals surface area (Å²) >= 11 is 0. The summed E-state index contributed by atoms with van der Waals surface area (Å²) in [4.78, 5) is 15.2. The van der Waals surface area contributed by atoms with Crippen molar-refractivity contribution in [2.24, 2.45) is 0 Å². The second-order valence-electron chi connectivity index (χ2n) is 4.23. The standard InChI is InChI=1S/C12H16N2O/c1-8(7-15)11-6-3-9(2)13-12(11)14-10-4-5-10/h3,6-8,10H,4-5H2,1-2H3,(H,13,14). The van der Waals surface area contributed by atoms with Crippen LogP contribution in [-0.2, 0) is 4.79 Å². The molecule has 1 aromatic heterocycles. The number of aldehydes is 1. The number of anilines is 1. The molecule has 1 N–H and O–H groups in total. The smallest absolute Gasteiger partial charge is 0.130 e. The molecule has 0 amide bonds. The van der Waals surface area contributed by atoms with Gasteiger partial charge in [0.15, 0.2) is 0 Å². The Morgan fingerprint density at radius 1 is 1.53 bits per heavy atom. The van der Waals surface area contributed by atoms with Crippen molar-refractivity contribution in [2.75, 3.05) is 5.32 Å². The number of hydrogen-bond donors (Lipinski definition) is 1. The Morgan fingerprint density at radius 3 is 2.87 bits per heavy atom. The molecule has 15 heavy (non-hydrogen) atoms. The molecule has 3 nitrogen and oxygen atoms in total. The van der Waals surface area contributed by atoms with Crippen LogP contribution in [0.5, 0.6) is 0 Å². The molecule has 1 saturated carbocycles. The highest BCUT2D eigenvalue weighted by Crippen LogP contribution is 2.28. The number of carbonyl (C=O) groups is 1. The van der Waals surface area contributed by atoms with Crippen molar-refractivity contribution in [3.63, 3.8) is 0 Å². The summed E-state index contributed by atoms with van der Waals surface area (Å²) in [6.07, 6.45) is 3.39. The second kappa shape index (κ2) is 4.01. The molecule has 1 aromatic rings. The molecular weight excluding hydrogens is 188 g/mol. The fraction of sp³-hybridized carbons (Fsp3) is 0.500. The average Bonchev–Trinajstić information content (AvgIpc) is 3.01. The quantitative estimate of drug-likeness (QED) is 0.765. The van der Waals surface area contributed by atoms with Crippen molar-refractivity contribution in [1.82, 2.24) is 4.98 Å². The predicted molar refractivity (Wildman–Crippen MR) is 60.1 cm³/mol. The molecule has 1 unspecified atom stereocenters. The van der Waals surface area contributed by atoms with E-state index in [1.807, 2.05) is 26.0 Å². The first kappa shape index (κ1) is 10.1. The topological polar surface area (TPSA) is 42.0 Å². The normalized spacial score (nSPS) is 17.2. The molecule has 1 aliphatic rings. The zero-order chi connectivity index (χ0) is 10.8. The van der Waals surface area contributed by atoms with Crippen molar-refractivity contribution in [3.05, 3.63) is 23.4 Å². The first-order valence-corrected chi connectivity index (χ1v) is 5.40. The van der Waals surface area contributed by atoms with Gasteiger partial charge in [-0.25, -0.2) is 4.98 Å². The maximum Gasteiger partial charge on any atom is 0.130 e. The van der Waals surface area contributed by atoms with Crippen LogP contribution in [0.2, 0.25) is 0 Å². The van der Waals surface area contributed by atoms with Gasteiger partial charge in [-0.15, -0.1) is 0 Å². The van der Waals surface area contributed by atoms with Crippen molar-refractivity contribution >= 4 is 12.1 Å². The molecule has 0 saturated heterocycles. The van der Waals surface area contributed by atoms with Gasteiger partial charge < -0.3 is 10.1 Å². The van der Waals surface area contributed by atoms with Crippen LogP contribution in [0.25, 0.3) is 0 Å². The van der Waals surface area contributed by atoms with Gasteiger partial charge in [-0.05, 0) is 25.8 Å². The average molecular weight is 204 g/mol. The van der Waals surface area contributed by atoms with Gasteiger partial charge in [0, 0.05) is 23.2 Å². The number of aromatic nitrogens is 1. The van der Waals surface area contributed by atoms with E-state index < -0.39 is 0 Å². The van der Waals surface area contributed by atoms with Crippen LogP contribution in [-0.4, -0.2) is 17.3 Å². The van der Waals surface area contributed by atoms with Gasteiger partial charge in [-0.1, -0.05) is 13.0 Å². The molecule has 80 valence electrons. The number of hydrogen-bond acceptors (Lipinski definition) is 3. The number of carbonyl (C=O) groups excluding carboxylic acids is 1. The minimum atomic E-state index is -0.0839. The number of nitrogens with zero attached hydrogens (tertiary/aromatic N) is 1. The Morgan fingerprint density at radius 2 is 2.27 bits per heavy atom. The van der Waals surface area contributed by atoms with Crippen LogP contribution >= 0.6 is 0 Å². The lowest BCUT2D eigenvalue weighted by Gasteiger charge is -2.13. The van der Waals surface area contributed by atoms with Crippen molar-refractivity contribution in [1.29, 1.82) is 0 Å². The predicted octanol–water partition coefficient (Wildman–Crippen LogP) is 2.27. The van der Waals surface area contributed by atoms with Gasteiger partial charge in [0.1, 0.15) is 12.1 Å². The van der Waals surface area contributed by atoms with Gasteiger partial charge in [0.25, 0.3) is 0 Å². The third-order valence-electron chi connectivity index (χ3n) is 2.68. The molecule has 0 spiro atoms. The molecule has 1 atom stereocenters. The Hall–Kier alpha value is -1.38. The van der Waals surface area contributed by atoms with Crippen LogP contribution in [0, 0.1) is 6.92 Å². The third kappa shape index (κ3) is 2.35. The zero-order valence-corrected chi connectivity index (χ0v) is 9.16. The molecule has 3 heteroatoms. The second-order valence-corrected chi connectivity index (χ2v) is 4.23. The van der Waals surface area contributed by atoms with E-state index in [1.165, 1.54) is 12.8 Å². The van der Waals surface area contributed by atoms with E-state index in [0.29, 0.717) is 6.04 Å². The lowest BCUT2D eigenvalue weighted by atomic mass is 10.0. The van der Waals surface area contributed by atoms with Gasteiger partial charge in [-0.2, -0.15) is 0 Å². The van der Waals surface area contributed by atoms with Gasteiger partial charge >= 0.3 is 0 Å². The zero-order valence-electron chi connectivity index (χ0n) is 9.16. The van der Waals surface area contributed by atoms with Crippen molar-refractivity contribution < 1.29 is 4.79 Å². The molecule has 0 aromatic carbocycles. The van der Waals surface area contributed by atoms with E-state index in [-0.39, 0.29) is 5.92 Å². The lowest BCUT2D eigenvalue weighted by Crippen LogP contribution is -2.09. The maximum atomic E-state index is 10.8. The van der Waals surface area contributed by atoms with E-state index in [1.54, 1.807) is 0 Å². The highest BCUT2D eigenvalue weighted by molar-refractivity contribution is 5.66. The summed E-state index contributed by atoms with van der Waals surface area (Å²) in [6, 6.07) is 4.51. The Labute approximate surface area is 89.9 Å². The summed E-state index contributed by atoms with van der Waals surface area (Å²) in [5.74, 6) is 0.802. The number of rotatable bonds is 4. The molecule has 1 heterocycles. The molecule has 1 fully saturated rings. The minimum absolute atomic E-state index is 0.0839. The van der Waals surface area contributed by atoms with E-state index in [2.05, 4.69) is 10.3 Å². The third-order valence-corrected chi connectivity index (χ3v) is 2.68. The first-order chi connectivity index (χ1) is 7.20. The van der Waals surface area contributed by atoms with Crippen LogP contribution in [0.4, 0.5) is 5.82 Å².